The van der Waals surface area contributed by atoms with Crippen molar-refractivity contribution in [2.45, 2.75) is 17.9 Å². The number of urea groups is 1. The smallest absolute Gasteiger partial charge is 0.744 e. The molecule has 0 radical (unpaired) electrons. The van der Waals surface area contributed by atoms with Gasteiger partial charge in [-0.25, -0.2) is 18.2 Å². The van der Waals surface area contributed by atoms with Crippen molar-refractivity contribution in [1.82, 2.24) is 15.6 Å². The summed E-state index contributed by atoms with van der Waals surface area (Å²) in [6.45, 7) is 1.55. The quantitative estimate of drug-likeness (QED) is 0.208. The molecule has 4 rings (SSSR count). The van der Waals surface area contributed by atoms with Gasteiger partial charge in [-0.05, 0) is 42.8 Å². The molecule has 1 fully saturated rings. The van der Waals surface area contributed by atoms with Crippen molar-refractivity contribution in [2.24, 2.45) is 10.2 Å². The third-order valence-corrected chi connectivity index (χ3v) is 6.63. The van der Waals surface area contributed by atoms with Gasteiger partial charge in [0.25, 0.3) is 11.8 Å². The fraction of sp³-hybridized carbons (Fsp3) is 0.111. The molecule has 2 N–H and O–H groups in total. The number of thiazole rings is 1. The van der Waals surface area contributed by atoms with E-state index >= 15 is 0 Å². The maximum Gasteiger partial charge on any atom is 1.00 e. The number of azo groups is 1. The van der Waals surface area contributed by atoms with E-state index in [-0.39, 0.29) is 39.2 Å². The van der Waals surface area contributed by atoms with Gasteiger partial charge in [-0.3, -0.25) is 20.2 Å². The Labute approximate surface area is 207 Å². The zero-order valence-corrected chi connectivity index (χ0v) is 20.3. The van der Waals surface area contributed by atoms with Crippen molar-refractivity contribution >= 4 is 55.2 Å². The molecule has 14 heteroatoms. The van der Waals surface area contributed by atoms with Gasteiger partial charge in [0.15, 0.2) is 0 Å². The number of hydrogen-bond donors (Lipinski definition) is 2. The minimum absolute atomic E-state index is 0. The van der Waals surface area contributed by atoms with Crippen molar-refractivity contribution in [2.75, 3.05) is 0 Å². The zero-order valence-electron chi connectivity index (χ0n) is 16.6. The first kappa shape index (κ1) is 24.1. The van der Waals surface area contributed by atoms with Crippen LogP contribution in [0.5, 0.6) is 0 Å². The maximum absolute atomic E-state index is 11.7. The monoisotopic (exact) mass is 481 g/mol. The normalized spacial score (nSPS) is 15.0. The van der Waals surface area contributed by atoms with Gasteiger partial charge in [0.2, 0.25) is 6.04 Å². The molecular formula is C18H12N5NaO6S2. The molecule has 0 aliphatic carbocycles. The Morgan fingerprint density at radius 2 is 1.66 bits per heavy atom. The number of carbonyl (C=O) groups excluding carboxylic acids is 3. The largest absolute Gasteiger partial charge is 1.00 e. The predicted molar refractivity (Wildman–Crippen MR) is 108 cm³/mol. The van der Waals surface area contributed by atoms with Crippen molar-refractivity contribution in [3.63, 3.8) is 0 Å². The molecule has 0 unspecified atom stereocenters. The number of benzene rings is 2. The van der Waals surface area contributed by atoms with Gasteiger partial charge in [0.1, 0.15) is 15.1 Å². The van der Waals surface area contributed by atoms with Gasteiger partial charge >= 0.3 is 35.6 Å². The van der Waals surface area contributed by atoms with Crippen molar-refractivity contribution in [1.29, 1.82) is 0 Å². The van der Waals surface area contributed by atoms with Crippen molar-refractivity contribution in [3.8, 4) is 10.6 Å². The Hall–Kier alpha value is -2.55. The van der Waals surface area contributed by atoms with Gasteiger partial charge < -0.3 is 4.55 Å². The Morgan fingerprint density at radius 1 is 1.03 bits per heavy atom. The number of amides is 4. The molecule has 1 aromatic heterocycles. The number of hydrogen-bond acceptors (Lipinski definition) is 10. The Kier molecular flexibility index (Phi) is 6.88. The summed E-state index contributed by atoms with van der Waals surface area (Å²) in [5.41, 5.74) is 1.73. The fourth-order valence-electron chi connectivity index (χ4n) is 2.91. The van der Waals surface area contributed by atoms with Crippen LogP contribution in [0.25, 0.3) is 20.8 Å². The molecule has 0 saturated carbocycles. The number of aryl methyl sites for hydroxylation is 1. The maximum atomic E-state index is 11.7. The van der Waals surface area contributed by atoms with Crippen molar-refractivity contribution < 1.29 is 56.9 Å². The Morgan fingerprint density at radius 3 is 2.25 bits per heavy atom. The van der Waals surface area contributed by atoms with E-state index < -0.39 is 34.0 Å². The SMILES string of the molecule is Cc1ccc2nc(-c3ccc(N=NC4C(=O)NC(=O)NC4=O)cc3)sc2c1S(=O)(=O)[O-].[Na+]. The molecular weight excluding hydrogens is 469 g/mol. The first-order chi connectivity index (χ1) is 14.6. The van der Waals surface area contributed by atoms with Crippen LogP contribution in [0.15, 0.2) is 51.5 Å². The number of aromatic nitrogens is 1. The first-order valence-electron chi connectivity index (χ1n) is 8.66. The average molecular weight is 481 g/mol. The summed E-state index contributed by atoms with van der Waals surface area (Å²) in [5.74, 6) is -1.74. The van der Waals surface area contributed by atoms with Gasteiger partial charge in [0, 0.05) is 5.56 Å². The molecule has 0 bridgehead atoms. The molecule has 3 aromatic rings. The fourth-order valence-corrected chi connectivity index (χ4v) is 5.20. The van der Waals surface area contributed by atoms with Gasteiger partial charge in [-0.1, -0.05) is 6.07 Å². The average Bonchev–Trinajstić information content (AvgIpc) is 3.10. The van der Waals surface area contributed by atoms with Crippen LogP contribution in [0.2, 0.25) is 0 Å². The van der Waals surface area contributed by atoms with E-state index in [1.54, 1.807) is 37.3 Å². The third-order valence-electron chi connectivity index (χ3n) is 4.33. The van der Waals surface area contributed by atoms with E-state index in [9.17, 15) is 27.4 Å². The van der Waals surface area contributed by atoms with Crippen LogP contribution in [0.3, 0.4) is 0 Å². The Bertz CT molecular complexity index is 1360. The second kappa shape index (κ2) is 9.13. The number of barbiturate groups is 1. The molecule has 1 saturated heterocycles. The summed E-state index contributed by atoms with van der Waals surface area (Å²) in [5, 5.41) is 11.9. The molecule has 4 amide bonds. The molecule has 1 aliphatic rings. The van der Waals surface area contributed by atoms with E-state index in [0.717, 1.165) is 11.3 Å². The first-order valence-corrected chi connectivity index (χ1v) is 10.9. The second-order valence-electron chi connectivity index (χ2n) is 6.51. The summed E-state index contributed by atoms with van der Waals surface area (Å²) in [7, 11) is -4.66. The predicted octanol–water partition coefficient (Wildman–Crippen LogP) is -1.00. The summed E-state index contributed by atoms with van der Waals surface area (Å²) >= 11 is 1.08. The molecule has 2 aromatic carbocycles. The molecule has 0 spiro atoms. The Balaban J connectivity index is 0.00000289. The molecule has 158 valence electrons. The summed E-state index contributed by atoms with van der Waals surface area (Å²) in [6.07, 6.45) is 0. The second-order valence-corrected chi connectivity index (χ2v) is 8.82. The minimum Gasteiger partial charge on any atom is -0.744 e. The van der Waals surface area contributed by atoms with Crippen LogP contribution in [-0.4, -0.2) is 41.8 Å². The van der Waals surface area contributed by atoms with Crippen LogP contribution >= 0.6 is 11.3 Å². The van der Waals surface area contributed by atoms with Crippen LogP contribution in [-0.2, 0) is 19.7 Å². The van der Waals surface area contributed by atoms with Crippen LogP contribution in [0.1, 0.15) is 5.56 Å². The molecule has 2 heterocycles. The number of nitrogens with zero attached hydrogens (tertiary/aromatic N) is 3. The summed E-state index contributed by atoms with van der Waals surface area (Å²) < 4.78 is 35.2. The van der Waals surface area contributed by atoms with E-state index in [1.807, 2.05) is 10.6 Å². The van der Waals surface area contributed by atoms with Gasteiger partial charge in [0.05, 0.1) is 20.8 Å². The molecule has 11 nitrogen and oxygen atoms in total. The van der Waals surface area contributed by atoms with Crippen LogP contribution in [0.4, 0.5) is 10.5 Å². The minimum atomic E-state index is -4.66. The van der Waals surface area contributed by atoms with Gasteiger partial charge in [-0.15, -0.1) is 11.3 Å². The number of carbonyl (C=O) groups is 3. The van der Waals surface area contributed by atoms with E-state index in [2.05, 4.69) is 15.2 Å². The van der Waals surface area contributed by atoms with Crippen molar-refractivity contribution in [3.05, 3.63) is 42.0 Å². The number of imide groups is 2. The number of rotatable bonds is 4. The zero-order chi connectivity index (χ0) is 22.3. The standard InChI is InChI=1S/C18H13N5O6S2.Na/c1-8-2-7-11-13(14(8)31(27,28)29)30-17(19-11)9-3-5-10(6-4-9)22-23-12-15(24)20-18(26)21-16(12)25;/h2-7,12H,1H3,(H,27,28,29)(H2,20,21,24,25,26);/q;+1/p-1. The van der Waals surface area contributed by atoms with Gasteiger partial charge in [-0.2, -0.15) is 10.2 Å². The van der Waals surface area contributed by atoms with Crippen LogP contribution in [0, 0.1) is 6.92 Å². The van der Waals surface area contributed by atoms with E-state index in [0.29, 0.717) is 27.3 Å². The summed E-state index contributed by atoms with van der Waals surface area (Å²) in [4.78, 5) is 38.5. The third kappa shape index (κ3) is 4.77. The molecule has 0 atom stereocenters. The molecule has 1 aliphatic heterocycles. The number of fused-ring (bicyclic) bond motifs is 1. The van der Waals surface area contributed by atoms with E-state index in [1.165, 1.54) is 6.07 Å². The molecule has 32 heavy (non-hydrogen) atoms. The topological polar surface area (TPSA) is 170 Å². The van der Waals surface area contributed by atoms with Crippen LogP contribution < -0.4 is 40.2 Å². The summed E-state index contributed by atoms with van der Waals surface area (Å²) in [6, 6.07) is 7.21. The number of nitrogens with one attached hydrogen (secondary N) is 2. The van der Waals surface area contributed by atoms with E-state index in [4.69, 9.17) is 0 Å².